The van der Waals surface area contributed by atoms with Gasteiger partial charge in [-0.25, -0.2) is 4.79 Å². The third-order valence-electron chi connectivity index (χ3n) is 3.73. The van der Waals surface area contributed by atoms with Crippen molar-refractivity contribution in [2.75, 3.05) is 14.2 Å². The van der Waals surface area contributed by atoms with E-state index < -0.39 is 5.97 Å². The lowest BCUT2D eigenvalue weighted by molar-refractivity contribution is -0.121. The van der Waals surface area contributed by atoms with Crippen LogP contribution in [0.3, 0.4) is 0 Å². The molecule has 1 aliphatic heterocycles. The minimum absolute atomic E-state index is 0.144. The Hall–Kier alpha value is -2.16. The van der Waals surface area contributed by atoms with Crippen molar-refractivity contribution >= 4 is 62.2 Å². The summed E-state index contributed by atoms with van der Waals surface area (Å²) < 4.78 is 12.1. The zero-order chi connectivity index (χ0) is 19.6. The molecule has 0 spiro atoms. The SMILES string of the molecule is COc1cc(C=C2SC(=S)N(C)C2=O)ccc1OC(=O)c1cccc(Br)c1. The molecule has 1 heterocycles. The third kappa shape index (κ3) is 4.40. The van der Waals surface area contributed by atoms with Gasteiger partial charge in [0.1, 0.15) is 4.32 Å². The summed E-state index contributed by atoms with van der Waals surface area (Å²) in [6, 6.07) is 12.0. The fraction of sp³-hybridized carbons (Fsp3) is 0.105. The molecule has 1 saturated heterocycles. The van der Waals surface area contributed by atoms with E-state index in [1.165, 1.54) is 23.8 Å². The zero-order valence-electron chi connectivity index (χ0n) is 14.4. The van der Waals surface area contributed by atoms with Crippen molar-refractivity contribution in [3.8, 4) is 11.5 Å². The lowest BCUT2D eigenvalue weighted by Gasteiger charge is -2.10. The topological polar surface area (TPSA) is 55.8 Å². The van der Waals surface area contributed by atoms with Gasteiger partial charge in [-0.3, -0.25) is 9.69 Å². The maximum Gasteiger partial charge on any atom is 0.343 e. The van der Waals surface area contributed by atoms with Crippen molar-refractivity contribution in [1.82, 2.24) is 4.90 Å². The number of halogens is 1. The van der Waals surface area contributed by atoms with Crippen LogP contribution in [-0.2, 0) is 4.79 Å². The lowest BCUT2D eigenvalue weighted by atomic mass is 10.1. The predicted molar refractivity (Wildman–Crippen MR) is 113 cm³/mol. The van der Waals surface area contributed by atoms with Gasteiger partial charge in [-0.15, -0.1) is 0 Å². The number of esters is 1. The van der Waals surface area contributed by atoms with Gasteiger partial charge >= 0.3 is 5.97 Å². The monoisotopic (exact) mass is 463 g/mol. The molecular formula is C19H14BrNO4S2. The van der Waals surface area contributed by atoms with E-state index in [1.54, 1.807) is 49.5 Å². The average Bonchev–Trinajstić information content (AvgIpc) is 2.89. The highest BCUT2D eigenvalue weighted by molar-refractivity contribution is 9.10. The number of hydrogen-bond acceptors (Lipinski definition) is 6. The lowest BCUT2D eigenvalue weighted by Crippen LogP contribution is -2.22. The van der Waals surface area contributed by atoms with Gasteiger partial charge in [-0.05, 0) is 42.0 Å². The molecule has 5 nitrogen and oxygen atoms in total. The van der Waals surface area contributed by atoms with Gasteiger partial charge in [0.25, 0.3) is 5.91 Å². The molecule has 0 unspecified atom stereocenters. The van der Waals surface area contributed by atoms with Crippen molar-refractivity contribution in [1.29, 1.82) is 0 Å². The summed E-state index contributed by atoms with van der Waals surface area (Å²) in [5.41, 5.74) is 1.16. The van der Waals surface area contributed by atoms with Gasteiger partial charge in [-0.2, -0.15) is 0 Å². The number of ether oxygens (including phenoxy) is 2. The Balaban J connectivity index is 1.84. The maximum atomic E-state index is 12.3. The first-order valence-electron chi connectivity index (χ1n) is 7.76. The van der Waals surface area contributed by atoms with Crippen LogP contribution in [-0.4, -0.2) is 35.3 Å². The summed E-state index contributed by atoms with van der Waals surface area (Å²) in [6.45, 7) is 0. The van der Waals surface area contributed by atoms with Crippen LogP contribution in [0.1, 0.15) is 15.9 Å². The molecule has 2 aromatic carbocycles. The number of amides is 1. The van der Waals surface area contributed by atoms with E-state index in [1.807, 2.05) is 6.07 Å². The maximum absolute atomic E-state index is 12.3. The van der Waals surface area contributed by atoms with Crippen LogP contribution < -0.4 is 9.47 Å². The number of thiocarbonyl (C=S) groups is 1. The summed E-state index contributed by atoms with van der Waals surface area (Å²) in [5.74, 6) is 0.0464. The summed E-state index contributed by atoms with van der Waals surface area (Å²) in [6.07, 6.45) is 1.73. The van der Waals surface area contributed by atoms with Gasteiger partial charge in [0.05, 0.1) is 17.6 Å². The smallest absolute Gasteiger partial charge is 0.343 e. The van der Waals surface area contributed by atoms with E-state index in [4.69, 9.17) is 21.7 Å². The Labute approximate surface area is 174 Å². The number of hydrogen-bond donors (Lipinski definition) is 0. The number of carbonyl (C=O) groups excluding carboxylic acids is 2. The van der Waals surface area contributed by atoms with E-state index >= 15 is 0 Å². The number of benzene rings is 2. The predicted octanol–water partition coefficient (Wildman–Crippen LogP) is 4.51. The quantitative estimate of drug-likeness (QED) is 0.287. The van der Waals surface area contributed by atoms with Gasteiger partial charge in [0, 0.05) is 11.5 Å². The molecule has 1 amide bonds. The minimum Gasteiger partial charge on any atom is -0.493 e. The summed E-state index contributed by atoms with van der Waals surface area (Å²) in [7, 11) is 3.13. The van der Waals surface area contributed by atoms with E-state index in [0.717, 1.165) is 10.0 Å². The summed E-state index contributed by atoms with van der Waals surface area (Å²) in [4.78, 5) is 26.4. The first-order chi connectivity index (χ1) is 12.9. The van der Waals surface area contributed by atoms with Crippen LogP contribution in [0.4, 0.5) is 0 Å². The number of rotatable bonds is 4. The number of nitrogens with zero attached hydrogens (tertiary/aromatic N) is 1. The second-order valence-electron chi connectivity index (χ2n) is 5.55. The molecule has 0 aliphatic carbocycles. The molecule has 1 fully saturated rings. The minimum atomic E-state index is -0.491. The Morgan fingerprint density at radius 2 is 2.00 bits per heavy atom. The van der Waals surface area contributed by atoms with E-state index in [0.29, 0.717) is 26.3 Å². The number of methoxy groups -OCH3 is 1. The van der Waals surface area contributed by atoms with E-state index in [9.17, 15) is 9.59 Å². The standard InChI is InChI=1S/C19H14BrNO4S2/c1-21-17(22)16(27-19(21)26)9-11-6-7-14(15(8-11)24-2)25-18(23)12-4-3-5-13(20)10-12/h3-10H,1-2H3. The van der Waals surface area contributed by atoms with Crippen molar-refractivity contribution in [3.05, 3.63) is 63.0 Å². The Morgan fingerprint density at radius 1 is 1.22 bits per heavy atom. The fourth-order valence-electron chi connectivity index (χ4n) is 2.33. The molecule has 2 aromatic rings. The normalized spacial score (nSPS) is 15.4. The Kier molecular flexibility index (Phi) is 5.98. The van der Waals surface area contributed by atoms with Gasteiger partial charge in [0.2, 0.25) is 0 Å². The number of likely N-dealkylation sites (N-methyl/N-ethyl adjacent to an activating group) is 1. The molecule has 27 heavy (non-hydrogen) atoms. The molecule has 0 bridgehead atoms. The molecule has 138 valence electrons. The van der Waals surface area contributed by atoms with Crippen LogP contribution in [0.2, 0.25) is 0 Å². The van der Waals surface area contributed by atoms with Gasteiger partial charge in [0.15, 0.2) is 11.5 Å². The molecule has 0 aromatic heterocycles. The van der Waals surface area contributed by atoms with Crippen molar-refractivity contribution in [3.63, 3.8) is 0 Å². The molecule has 1 aliphatic rings. The fourth-order valence-corrected chi connectivity index (χ4v) is 3.91. The first-order valence-corrected chi connectivity index (χ1v) is 9.78. The number of carbonyl (C=O) groups is 2. The van der Waals surface area contributed by atoms with E-state index in [-0.39, 0.29) is 5.91 Å². The first kappa shape index (κ1) is 19.6. The third-order valence-corrected chi connectivity index (χ3v) is 5.71. The van der Waals surface area contributed by atoms with Crippen LogP contribution >= 0.6 is 39.9 Å². The summed E-state index contributed by atoms with van der Waals surface area (Å²) >= 11 is 9.70. The largest absolute Gasteiger partial charge is 0.493 e. The zero-order valence-corrected chi connectivity index (χ0v) is 17.6. The Bertz CT molecular complexity index is 974. The summed E-state index contributed by atoms with van der Waals surface area (Å²) in [5, 5.41) is 0. The van der Waals surface area contributed by atoms with Crippen molar-refractivity contribution in [2.24, 2.45) is 0 Å². The van der Waals surface area contributed by atoms with Crippen LogP contribution in [0, 0.1) is 0 Å². The molecule has 0 saturated carbocycles. The molecule has 3 rings (SSSR count). The molecule has 0 atom stereocenters. The van der Waals surface area contributed by atoms with Crippen molar-refractivity contribution in [2.45, 2.75) is 0 Å². The average molecular weight is 464 g/mol. The molecule has 0 radical (unpaired) electrons. The second-order valence-corrected chi connectivity index (χ2v) is 8.14. The molecule has 8 heteroatoms. The van der Waals surface area contributed by atoms with Gasteiger partial charge in [-0.1, -0.05) is 52.0 Å². The van der Waals surface area contributed by atoms with Crippen LogP contribution in [0.15, 0.2) is 51.8 Å². The van der Waals surface area contributed by atoms with E-state index in [2.05, 4.69) is 15.9 Å². The highest BCUT2D eigenvalue weighted by Gasteiger charge is 2.28. The Morgan fingerprint density at radius 3 is 2.63 bits per heavy atom. The molecular weight excluding hydrogens is 450 g/mol. The van der Waals surface area contributed by atoms with Crippen LogP contribution in [0.25, 0.3) is 6.08 Å². The van der Waals surface area contributed by atoms with Crippen LogP contribution in [0.5, 0.6) is 11.5 Å². The highest BCUT2D eigenvalue weighted by atomic mass is 79.9. The second kappa shape index (κ2) is 8.24. The van der Waals surface area contributed by atoms with Gasteiger partial charge < -0.3 is 9.47 Å². The number of thioether (sulfide) groups is 1. The van der Waals surface area contributed by atoms with Crippen molar-refractivity contribution < 1.29 is 19.1 Å². The highest BCUT2D eigenvalue weighted by Crippen LogP contribution is 2.34. The molecule has 0 N–H and O–H groups in total.